The van der Waals surface area contributed by atoms with Crippen molar-refractivity contribution in [3.8, 4) is 0 Å². The molecule has 0 radical (unpaired) electrons. The molecule has 0 aromatic carbocycles. The van der Waals surface area contributed by atoms with Crippen molar-refractivity contribution in [2.45, 2.75) is 38.5 Å². The van der Waals surface area contributed by atoms with Gasteiger partial charge in [-0.25, -0.2) is 13.6 Å². The number of H-pyrrole nitrogens is 1. The summed E-state index contributed by atoms with van der Waals surface area (Å²) < 4.78 is 33.1. The van der Waals surface area contributed by atoms with E-state index in [0.717, 1.165) is 13.1 Å². The molecule has 2 heterocycles. The van der Waals surface area contributed by atoms with Crippen LogP contribution in [0.2, 0.25) is 0 Å². The Bertz CT molecular complexity index is 634. The van der Waals surface area contributed by atoms with Crippen molar-refractivity contribution < 1.29 is 18.3 Å². The summed E-state index contributed by atoms with van der Waals surface area (Å²) in [5.41, 5.74) is -1.54. The van der Waals surface area contributed by atoms with E-state index in [1.807, 2.05) is 4.98 Å². The third-order valence-corrected chi connectivity index (χ3v) is 2.96. The van der Waals surface area contributed by atoms with Crippen molar-refractivity contribution >= 4 is 5.78 Å². The third kappa shape index (κ3) is 2.35. The second-order valence-corrected chi connectivity index (χ2v) is 4.53. The van der Waals surface area contributed by atoms with Crippen LogP contribution in [0.25, 0.3) is 0 Å². The summed E-state index contributed by atoms with van der Waals surface area (Å²) >= 11 is 0. The number of hydrogen-bond donors (Lipinski definition) is 1. The molecular weight excluding hydrogens is 262 g/mol. The second kappa shape index (κ2) is 4.37. The van der Waals surface area contributed by atoms with Gasteiger partial charge in [-0.2, -0.15) is 0 Å². The lowest BCUT2D eigenvalue weighted by molar-refractivity contribution is -0.137. The van der Waals surface area contributed by atoms with E-state index in [9.17, 15) is 23.2 Å². The SMILES string of the molecule is CC(=O)[C@@H]1CC(F)(F)[C@H](n2cc(C)c(=O)[nH]c2=O)O1. The molecule has 0 spiro atoms. The number of alkyl halides is 2. The largest absolute Gasteiger partial charge is 0.340 e. The van der Waals surface area contributed by atoms with Gasteiger partial charge in [-0.1, -0.05) is 0 Å². The Balaban J connectivity index is 2.47. The van der Waals surface area contributed by atoms with Crippen LogP contribution in [0, 0.1) is 6.92 Å². The molecule has 1 saturated heterocycles. The summed E-state index contributed by atoms with van der Waals surface area (Å²) in [4.78, 5) is 35.8. The molecule has 0 aliphatic carbocycles. The monoisotopic (exact) mass is 274 g/mol. The Hall–Kier alpha value is -1.83. The van der Waals surface area contributed by atoms with Gasteiger partial charge in [0.2, 0.25) is 6.23 Å². The van der Waals surface area contributed by atoms with Crippen molar-refractivity contribution in [1.29, 1.82) is 0 Å². The predicted molar refractivity (Wildman–Crippen MR) is 60.2 cm³/mol. The van der Waals surface area contributed by atoms with Gasteiger partial charge in [-0.3, -0.25) is 19.1 Å². The Morgan fingerprint density at radius 3 is 2.68 bits per heavy atom. The number of Topliss-reactive ketones (excluding diaryl/α,β-unsaturated/α-hetero) is 1. The minimum Gasteiger partial charge on any atom is -0.340 e. The summed E-state index contributed by atoms with van der Waals surface area (Å²) in [5, 5.41) is 0. The van der Waals surface area contributed by atoms with Crippen LogP contribution in [0.3, 0.4) is 0 Å². The van der Waals surface area contributed by atoms with Crippen LogP contribution in [0.15, 0.2) is 15.8 Å². The molecule has 2 atom stereocenters. The van der Waals surface area contributed by atoms with E-state index in [4.69, 9.17) is 4.74 Å². The first-order valence-corrected chi connectivity index (χ1v) is 5.58. The smallest absolute Gasteiger partial charge is 0.330 e. The summed E-state index contributed by atoms with van der Waals surface area (Å²) in [6.45, 7) is 2.52. The van der Waals surface area contributed by atoms with Crippen molar-refractivity contribution in [3.63, 3.8) is 0 Å². The standard InChI is InChI=1S/C11H12F2N2O4/c1-5-4-15(10(18)14-8(5)17)9-11(12,13)3-7(19-9)6(2)16/h4,7,9H,3H2,1-2H3,(H,14,17,18)/t7-,9+/m0/s1. The first kappa shape index (κ1) is 13.6. The number of ketones is 1. The van der Waals surface area contributed by atoms with E-state index in [0.29, 0.717) is 4.57 Å². The molecule has 19 heavy (non-hydrogen) atoms. The number of aromatic amines is 1. The Labute approximate surface area is 106 Å². The Morgan fingerprint density at radius 2 is 2.16 bits per heavy atom. The second-order valence-electron chi connectivity index (χ2n) is 4.53. The number of ether oxygens (including phenoxy) is 1. The minimum absolute atomic E-state index is 0.102. The zero-order valence-electron chi connectivity index (χ0n) is 10.3. The fourth-order valence-corrected chi connectivity index (χ4v) is 1.92. The lowest BCUT2D eigenvalue weighted by Gasteiger charge is -2.19. The number of halogens is 2. The molecule has 1 aliphatic rings. The number of carbonyl (C=O) groups is 1. The molecule has 1 aliphatic heterocycles. The quantitative estimate of drug-likeness (QED) is 0.844. The van der Waals surface area contributed by atoms with E-state index in [-0.39, 0.29) is 5.56 Å². The van der Waals surface area contributed by atoms with E-state index in [1.54, 1.807) is 0 Å². The number of carbonyl (C=O) groups excluding carboxylic acids is 1. The predicted octanol–water partition coefficient (Wildman–Crippen LogP) is 0.357. The first-order valence-electron chi connectivity index (χ1n) is 5.58. The number of hydrogen-bond acceptors (Lipinski definition) is 4. The maximum atomic E-state index is 13.8. The molecule has 1 N–H and O–H groups in total. The van der Waals surface area contributed by atoms with Gasteiger partial charge in [0.25, 0.3) is 11.5 Å². The average molecular weight is 274 g/mol. The van der Waals surface area contributed by atoms with Crippen LogP contribution in [0.4, 0.5) is 8.78 Å². The molecule has 1 fully saturated rings. The molecule has 6 nitrogen and oxygen atoms in total. The summed E-state index contributed by atoms with van der Waals surface area (Å²) in [5.74, 6) is -3.89. The molecular formula is C11H12F2N2O4. The van der Waals surface area contributed by atoms with Crippen LogP contribution in [-0.4, -0.2) is 27.4 Å². The summed E-state index contributed by atoms with van der Waals surface area (Å²) in [6.07, 6.45) is -2.91. The van der Waals surface area contributed by atoms with Gasteiger partial charge in [-0.05, 0) is 13.8 Å². The van der Waals surface area contributed by atoms with Crippen molar-refractivity contribution in [2.75, 3.05) is 0 Å². The third-order valence-electron chi connectivity index (χ3n) is 2.96. The van der Waals surface area contributed by atoms with Gasteiger partial charge in [0.05, 0.1) is 0 Å². The molecule has 0 bridgehead atoms. The molecule has 1 aromatic heterocycles. The van der Waals surface area contributed by atoms with Gasteiger partial charge in [0.15, 0.2) is 5.78 Å². The van der Waals surface area contributed by atoms with Crippen molar-refractivity contribution in [1.82, 2.24) is 9.55 Å². The zero-order valence-corrected chi connectivity index (χ0v) is 10.3. The highest BCUT2D eigenvalue weighted by Crippen LogP contribution is 2.41. The van der Waals surface area contributed by atoms with E-state index in [1.165, 1.54) is 6.92 Å². The average Bonchev–Trinajstić information content (AvgIpc) is 2.60. The van der Waals surface area contributed by atoms with Crippen molar-refractivity contribution in [2.24, 2.45) is 0 Å². The summed E-state index contributed by atoms with van der Waals surface area (Å²) in [7, 11) is 0. The topological polar surface area (TPSA) is 81.2 Å². The maximum Gasteiger partial charge on any atom is 0.330 e. The molecule has 0 saturated carbocycles. The maximum absolute atomic E-state index is 13.8. The van der Waals surface area contributed by atoms with E-state index < -0.39 is 41.7 Å². The number of rotatable bonds is 2. The number of aryl methyl sites for hydroxylation is 1. The first-order chi connectivity index (χ1) is 8.72. The molecule has 104 valence electrons. The molecule has 1 aromatic rings. The molecule has 0 amide bonds. The fraction of sp³-hybridized carbons (Fsp3) is 0.545. The van der Waals surface area contributed by atoms with Gasteiger partial charge < -0.3 is 4.74 Å². The molecule has 0 unspecified atom stereocenters. The normalized spacial score (nSPS) is 25.5. The lowest BCUT2D eigenvalue weighted by atomic mass is 10.1. The zero-order chi connectivity index (χ0) is 14.4. The molecule has 8 heteroatoms. The highest BCUT2D eigenvalue weighted by Gasteiger charge is 2.53. The van der Waals surface area contributed by atoms with Crippen LogP contribution < -0.4 is 11.2 Å². The van der Waals surface area contributed by atoms with Gasteiger partial charge in [0, 0.05) is 18.2 Å². The van der Waals surface area contributed by atoms with Gasteiger partial charge >= 0.3 is 5.69 Å². The highest BCUT2D eigenvalue weighted by atomic mass is 19.3. The van der Waals surface area contributed by atoms with Crippen molar-refractivity contribution in [3.05, 3.63) is 32.6 Å². The van der Waals surface area contributed by atoms with Gasteiger partial charge in [0.1, 0.15) is 6.10 Å². The Morgan fingerprint density at radius 1 is 1.53 bits per heavy atom. The minimum atomic E-state index is -3.36. The number of nitrogens with one attached hydrogen (secondary N) is 1. The highest BCUT2D eigenvalue weighted by molar-refractivity contribution is 5.80. The Kier molecular flexibility index (Phi) is 3.13. The molecule has 2 rings (SSSR count). The van der Waals surface area contributed by atoms with Gasteiger partial charge in [-0.15, -0.1) is 0 Å². The van der Waals surface area contributed by atoms with Crippen LogP contribution in [0.1, 0.15) is 25.1 Å². The van der Waals surface area contributed by atoms with Crippen LogP contribution in [-0.2, 0) is 9.53 Å². The number of aromatic nitrogens is 2. The fourth-order valence-electron chi connectivity index (χ4n) is 1.92. The van der Waals surface area contributed by atoms with E-state index >= 15 is 0 Å². The van der Waals surface area contributed by atoms with Crippen LogP contribution >= 0.6 is 0 Å². The summed E-state index contributed by atoms with van der Waals surface area (Å²) in [6, 6.07) is 0. The van der Waals surface area contributed by atoms with E-state index in [2.05, 4.69) is 0 Å². The lowest BCUT2D eigenvalue weighted by Crippen LogP contribution is -2.38. The van der Waals surface area contributed by atoms with Crippen LogP contribution in [0.5, 0.6) is 0 Å². The number of nitrogens with zero attached hydrogens (tertiary/aromatic N) is 1.